The number of hydrogen-bond acceptors (Lipinski definition) is 7. The van der Waals surface area contributed by atoms with Crippen LogP contribution in [-0.4, -0.2) is 35.1 Å². The largest absolute Gasteiger partial charge is 0.280 e. The second-order valence-corrected chi connectivity index (χ2v) is 9.17. The maximum atomic E-state index is 12.6. The molecule has 1 aliphatic rings. The molecule has 0 bridgehead atoms. The summed E-state index contributed by atoms with van der Waals surface area (Å²) in [6, 6.07) is 9.63. The Morgan fingerprint density at radius 2 is 1.79 bits per heavy atom. The van der Waals surface area contributed by atoms with Crippen LogP contribution in [0.15, 0.2) is 53.0 Å². The number of amides is 2. The van der Waals surface area contributed by atoms with Gasteiger partial charge in [-0.05, 0) is 42.8 Å². The minimum absolute atomic E-state index is 0.0170. The van der Waals surface area contributed by atoms with Crippen molar-refractivity contribution in [1.29, 1.82) is 0 Å². The van der Waals surface area contributed by atoms with Gasteiger partial charge >= 0.3 is 0 Å². The molecular weight excluding hydrogens is 400 g/mol. The Hall–Kier alpha value is -3.11. The summed E-state index contributed by atoms with van der Waals surface area (Å²) in [6.07, 6.45) is 2.95. The summed E-state index contributed by atoms with van der Waals surface area (Å²) in [4.78, 5) is 34.4. The fraction of sp³-hybridized carbons (Fsp3) is 0.111. The molecule has 8 nitrogen and oxygen atoms in total. The van der Waals surface area contributed by atoms with E-state index in [2.05, 4.69) is 14.7 Å². The second kappa shape index (κ2) is 6.80. The first-order valence-electron chi connectivity index (χ1n) is 8.21. The molecule has 2 amide bonds. The predicted octanol–water partition coefficient (Wildman–Crippen LogP) is 2.44. The molecule has 0 aromatic carbocycles. The van der Waals surface area contributed by atoms with E-state index >= 15 is 0 Å². The third kappa shape index (κ3) is 3.16. The van der Waals surface area contributed by atoms with Crippen LogP contribution in [0.2, 0.25) is 0 Å². The number of fused-ring (bicyclic) bond motifs is 1. The van der Waals surface area contributed by atoms with Crippen molar-refractivity contribution in [2.75, 3.05) is 4.72 Å². The third-order valence-corrected chi connectivity index (χ3v) is 7.09. The predicted molar refractivity (Wildman–Crippen MR) is 103 cm³/mol. The smallest absolute Gasteiger partial charge is 0.268 e. The zero-order chi connectivity index (χ0) is 19.9. The van der Waals surface area contributed by atoms with Gasteiger partial charge in [-0.25, -0.2) is 13.4 Å². The maximum Gasteiger partial charge on any atom is 0.280 e. The van der Waals surface area contributed by atoms with Crippen LogP contribution >= 0.6 is 11.3 Å². The first-order valence-corrected chi connectivity index (χ1v) is 10.5. The van der Waals surface area contributed by atoms with Crippen molar-refractivity contribution in [1.82, 2.24) is 14.9 Å². The van der Waals surface area contributed by atoms with E-state index in [-0.39, 0.29) is 27.8 Å². The molecule has 1 N–H and O–H groups in total. The summed E-state index contributed by atoms with van der Waals surface area (Å²) in [6.45, 7) is 1.73. The minimum Gasteiger partial charge on any atom is -0.268 e. The lowest BCUT2D eigenvalue weighted by Gasteiger charge is -2.11. The zero-order valence-corrected chi connectivity index (χ0v) is 16.3. The number of pyridine rings is 2. The molecule has 3 aromatic heterocycles. The number of aromatic nitrogens is 2. The van der Waals surface area contributed by atoms with Crippen molar-refractivity contribution in [3.8, 4) is 0 Å². The Kier molecular flexibility index (Phi) is 4.44. The van der Waals surface area contributed by atoms with Crippen LogP contribution in [0.3, 0.4) is 0 Å². The van der Waals surface area contributed by atoms with Crippen LogP contribution < -0.4 is 4.72 Å². The first-order chi connectivity index (χ1) is 13.4. The lowest BCUT2D eigenvalue weighted by molar-refractivity contribution is 0.0642. The van der Waals surface area contributed by atoms with Crippen LogP contribution in [-0.2, 0) is 16.6 Å². The maximum absolute atomic E-state index is 12.6. The van der Waals surface area contributed by atoms with Crippen molar-refractivity contribution >= 4 is 39.0 Å². The van der Waals surface area contributed by atoms with E-state index in [0.717, 1.165) is 16.2 Å². The van der Waals surface area contributed by atoms with Crippen LogP contribution in [0, 0.1) is 6.92 Å². The first kappa shape index (κ1) is 18.3. The normalized spacial score (nSPS) is 13.7. The van der Waals surface area contributed by atoms with Crippen LogP contribution in [0.4, 0.5) is 5.82 Å². The standard InChI is InChI=1S/C18H14N4O4S2/c1-11-4-2-9-20-16(11)21-28(25,26)14-7-6-12(27-14)10-22-17(23)13-5-3-8-19-15(13)18(22)24/h2-9H,10H2,1H3,(H,20,21). The number of carbonyl (C=O) groups excluding carboxylic acids is 2. The van der Waals surface area contributed by atoms with Gasteiger partial charge in [-0.1, -0.05) is 6.07 Å². The number of hydrogen-bond donors (Lipinski definition) is 1. The molecule has 1 aliphatic heterocycles. The Morgan fingerprint density at radius 3 is 2.54 bits per heavy atom. The molecule has 0 saturated heterocycles. The highest BCUT2D eigenvalue weighted by atomic mass is 32.2. The lowest BCUT2D eigenvalue weighted by atomic mass is 10.2. The van der Waals surface area contributed by atoms with Crippen molar-refractivity contribution in [3.63, 3.8) is 0 Å². The highest BCUT2D eigenvalue weighted by Crippen LogP contribution is 2.28. The van der Waals surface area contributed by atoms with E-state index in [9.17, 15) is 18.0 Å². The summed E-state index contributed by atoms with van der Waals surface area (Å²) < 4.78 is 27.8. The fourth-order valence-corrected chi connectivity index (χ4v) is 5.20. The van der Waals surface area contributed by atoms with Crippen LogP contribution in [0.5, 0.6) is 0 Å². The number of aryl methyl sites for hydroxylation is 1. The molecule has 0 radical (unpaired) electrons. The van der Waals surface area contributed by atoms with Gasteiger partial charge in [-0.2, -0.15) is 0 Å². The van der Waals surface area contributed by atoms with Crippen LogP contribution in [0.25, 0.3) is 0 Å². The molecule has 0 aliphatic carbocycles. The highest BCUT2D eigenvalue weighted by Gasteiger charge is 2.36. The number of thiophene rings is 1. The summed E-state index contributed by atoms with van der Waals surface area (Å²) in [5.74, 6) is -0.669. The van der Waals surface area contributed by atoms with Crippen molar-refractivity contribution < 1.29 is 18.0 Å². The van der Waals surface area contributed by atoms with Gasteiger partial charge in [0.1, 0.15) is 15.7 Å². The van der Waals surface area contributed by atoms with Gasteiger partial charge in [-0.3, -0.25) is 24.2 Å². The SMILES string of the molecule is Cc1cccnc1NS(=O)(=O)c1ccc(CN2C(=O)c3cccnc3C2=O)s1. The monoisotopic (exact) mass is 414 g/mol. The van der Waals surface area contributed by atoms with Gasteiger partial charge in [0, 0.05) is 17.3 Å². The Labute approximate surface area is 164 Å². The van der Waals surface area contributed by atoms with E-state index in [4.69, 9.17) is 0 Å². The van der Waals surface area contributed by atoms with Crippen molar-refractivity contribution in [2.45, 2.75) is 17.7 Å². The second-order valence-electron chi connectivity index (χ2n) is 6.09. The number of anilines is 1. The van der Waals surface area contributed by atoms with Gasteiger partial charge in [0.2, 0.25) is 0 Å². The lowest BCUT2D eigenvalue weighted by Crippen LogP contribution is -2.28. The Balaban J connectivity index is 1.55. The topological polar surface area (TPSA) is 109 Å². The molecule has 4 rings (SSSR count). The van der Waals surface area contributed by atoms with E-state index in [1.54, 1.807) is 37.3 Å². The van der Waals surface area contributed by atoms with Gasteiger partial charge in [0.25, 0.3) is 21.8 Å². The summed E-state index contributed by atoms with van der Waals surface area (Å²) in [7, 11) is -3.82. The average Bonchev–Trinajstić information content (AvgIpc) is 3.24. The van der Waals surface area contributed by atoms with E-state index in [1.165, 1.54) is 18.5 Å². The summed E-state index contributed by atoms with van der Waals surface area (Å²) in [5.41, 5.74) is 1.06. The molecule has 0 saturated carbocycles. The van der Waals surface area contributed by atoms with E-state index in [0.29, 0.717) is 10.4 Å². The van der Waals surface area contributed by atoms with Crippen molar-refractivity contribution in [2.24, 2.45) is 0 Å². The number of carbonyl (C=O) groups is 2. The minimum atomic E-state index is -3.82. The average molecular weight is 414 g/mol. The Morgan fingerprint density at radius 1 is 1.04 bits per heavy atom. The van der Waals surface area contributed by atoms with Gasteiger partial charge in [0.05, 0.1) is 12.1 Å². The third-order valence-electron chi connectivity index (χ3n) is 4.19. The van der Waals surface area contributed by atoms with Gasteiger partial charge in [-0.15, -0.1) is 11.3 Å². The molecular formula is C18H14N4O4S2. The molecule has 142 valence electrons. The zero-order valence-electron chi connectivity index (χ0n) is 14.6. The van der Waals surface area contributed by atoms with Crippen LogP contribution in [0.1, 0.15) is 31.3 Å². The molecule has 28 heavy (non-hydrogen) atoms. The molecule has 4 heterocycles. The number of imide groups is 1. The number of nitrogens with zero attached hydrogens (tertiary/aromatic N) is 3. The highest BCUT2D eigenvalue weighted by molar-refractivity contribution is 7.94. The quantitative estimate of drug-likeness (QED) is 0.642. The summed E-state index contributed by atoms with van der Waals surface area (Å²) in [5, 5.41) is 0. The molecule has 0 spiro atoms. The van der Waals surface area contributed by atoms with E-state index in [1.807, 2.05) is 0 Å². The molecule has 0 atom stereocenters. The molecule has 3 aromatic rings. The molecule has 0 fully saturated rings. The molecule has 0 unspecified atom stereocenters. The van der Waals surface area contributed by atoms with E-state index < -0.39 is 21.8 Å². The number of nitrogens with one attached hydrogen (secondary N) is 1. The fourth-order valence-electron chi connectivity index (χ4n) is 2.77. The number of sulfonamides is 1. The Bertz CT molecular complexity index is 1170. The van der Waals surface area contributed by atoms with Crippen molar-refractivity contribution in [3.05, 3.63) is 70.5 Å². The van der Waals surface area contributed by atoms with Gasteiger partial charge < -0.3 is 0 Å². The summed E-state index contributed by atoms with van der Waals surface area (Å²) >= 11 is 0.990. The number of rotatable bonds is 5. The molecule has 10 heteroatoms. The van der Waals surface area contributed by atoms with Gasteiger partial charge in [0.15, 0.2) is 0 Å².